The van der Waals surface area contributed by atoms with Crippen LogP contribution in [-0.2, 0) is 4.74 Å². The quantitative estimate of drug-likeness (QED) is 0.798. The SMILES string of the molecule is CCCNC1c2ccccc2OCC1N(CC)CCOC. The van der Waals surface area contributed by atoms with Crippen LogP contribution in [0.4, 0.5) is 0 Å². The van der Waals surface area contributed by atoms with Crippen LogP contribution in [0.25, 0.3) is 0 Å². The van der Waals surface area contributed by atoms with E-state index in [9.17, 15) is 0 Å². The van der Waals surface area contributed by atoms with Crippen molar-refractivity contribution in [3.05, 3.63) is 29.8 Å². The molecule has 4 nitrogen and oxygen atoms in total. The highest BCUT2D eigenvalue weighted by Crippen LogP contribution is 2.34. The lowest BCUT2D eigenvalue weighted by molar-refractivity contribution is 0.0646. The van der Waals surface area contributed by atoms with Gasteiger partial charge in [-0.2, -0.15) is 0 Å². The molecule has 2 unspecified atom stereocenters. The average Bonchev–Trinajstić information content (AvgIpc) is 2.54. The monoisotopic (exact) mass is 292 g/mol. The van der Waals surface area contributed by atoms with Crippen molar-refractivity contribution in [2.24, 2.45) is 0 Å². The van der Waals surface area contributed by atoms with Gasteiger partial charge in [-0.15, -0.1) is 0 Å². The van der Waals surface area contributed by atoms with Crippen molar-refractivity contribution >= 4 is 0 Å². The summed E-state index contributed by atoms with van der Waals surface area (Å²) in [7, 11) is 1.76. The van der Waals surface area contributed by atoms with Crippen LogP contribution >= 0.6 is 0 Å². The number of rotatable bonds is 8. The summed E-state index contributed by atoms with van der Waals surface area (Å²) in [6.45, 7) is 8.86. The van der Waals surface area contributed by atoms with E-state index in [1.165, 1.54) is 5.56 Å². The third-order valence-corrected chi connectivity index (χ3v) is 4.12. The number of likely N-dealkylation sites (N-methyl/N-ethyl adjacent to an activating group) is 1. The van der Waals surface area contributed by atoms with Crippen LogP contribution in [0, 0.1) is 0 Å². The maximum absolute atomic E-state index is 5.99. The summed E-state index contributed by atoms with van der Waals surface area (Å²) in [5, 5.41) is 3.71. The van der Waals surface area contributed by atoms with E-state index in [1.54, 1.807) is 7.11 Å². The van der Waals surface area contributed by atoms with Gasteiger partial charge in [0, 0.05) is 19.2 Å². The first-order chi connectivity index (χ1) is 10.3. The first kappa shape index (κ1) is 16.3. The Morgan fingerprint density at radius 3 is 2.86 bits per heavy atom. The van der Waals surface area contributed by atoms with Crippen LogP contribution in [0.5, 0.6) is 5.75 Å². The summed E-state index contributed by atoms with van der Waals surface area (Å²) >= 11 is 0. The third-order valence-electron chi connectivity index (χ3n) is 4.12. The Hall–Kier alpha value is -1.10. The molecule has 0 amide bonds. The summed E-state index contributed by atoms with van der Waals surface area (Å²) in [6.07, 6.45) is 1.14. The summed E-state index contributed by atoms with van der Waals surface area (Å²) in [6, 6.07) is 9.06. The molecule has 1 aromatic rings. The van der Waals surface area contributed by atoms with Crippen molar-refractivity contribution in [1.82, 2.24) is 10.2 Å². The molecule has 2 atom stereocenters. The van der Waals surface area contributed by atoms with E-state index in [-0.39, 0.29) is 0 Å². The lowest BCUT2D eigenvalue weighted by Crippen LogP contribution is -2.51. The topological polar surface area (TPSA) is 33.7 Å². The molecule has 0 aliphatic carbocycles. The Kier molecular flexibility index (Phi) is 6.49. The molecule has 21 heavy (non-hydrogen) atoms. The Morgan fingerprint density at radius 1 is 1.33 bits per heavy atom. The van der Waals surface area contributed by atoms with E-state index in [4.69, 9.17) is 9.47 Å². The molecule has 118 valence electrons. The van der Waals surface area contributed by atoms with Crippen LogP contribution in [0.1, 0.15) is 31.9 Å². The zero-order chi connectivity index (χ0) is 15.1. The molecule has 0 bridgehead atoms. The summed E-state index contributed by atoms with van der Waals surface area (Å²) in [5.74, 6) is 1.02. The van der Waals surface area contributed by atoms with Crippen LogP contribution in [0.15, 0.2) is 24.3 Å². The first-order valence-corrected chi connectivity index (χ1v) is 7.99. The zero-order valence-electron chi connectivity index (χ0n) is 13.5. The van der Waals surface area contributed by atoms with E-state index >= 15 is 0 Å². The minimum absolute atomic E-state index is 0.326. The number of fused-ring (bicyclic) bond motifs is 1. The largest absolute Gasteiger partial charge is 0.492 e. The van der Waals surface area contributed by atoms with Gasteiger partial charge in [0.1, 0.15) is 12.4 Å². The summed E-state index contributed by atoms with van der Waals surface area (Å²) in [4.78, 5) is 2.45. The van der Waals surface area contributed by atoms with Gasteiger partial charge < -0.3 is 14.8 Å². The van der Waals surface area contributed by atoms with Gasteiger partial charge in [-0.25, -0.2) is 0 Å². The molecule has 1 aromatic carbocycles. The molecule has 1 heterocycles. The third kappa shape index (κ3) is 3.96. The minimum Gasteiger partial charge on any atom is -0.492 e. The van der Waals surface area contributed by atoms with Crippen molar-refractivity contribution in [2.45, 2.75) is 32.4 Å². The second-order valence-electron chi connectivity index (χ2n) is 5.47. The molecule has 1 N–H and O–H groups in total. The molecule has 1 aliphatic heterocycles. The number of methoxy groups -OCH3 is 1. The Bertz CT molecular complexity index is 425. The Balaban J connectivity index is 2.19. The molecule has 0 spiro atoms. The van der Waals surface area contributed by atoms with Crippen molar-refractivity contribution in [1.29, 1.82) is 0 Å². The van der Waals surface area contributed by atoms with Gasteiger partial charge >= 0.3 is 0 Å². The van der Waals surface area contributed by atoms with Crippen LogP contribution in [0.3, 0.4) is 0 Å². The van der Waals surface area contributed by atoms with Crippen molar-refractivity contribution in [3.8, 4) is 5.75 Å². The van der Waals surface area contributed by atoms with Crippen molar-refractivity contribution < 1.29 is 9.47 Å². The van der Waals surface area contributed by atoms with Gasteiger partial charge in [0.25, 0.3) is 0 Å². The second-order valence-corrected chi connectivity index (χ2v) is 5.47. The molecule has 0 radical (unpaired) electrons. The number of hydrogen-bond donors (Lipinski definition) is 1. The number of para-hydroxylation sites is 1. The fraction of sp³-hybridized carbons (Fsp3) is 0.647. The number of ether oxygens (including phenoxy) is 2. The van der Waals surface area contributed by atoms with E-state index in [0.29, 0.717) is 12.1 Å². The predicted molar refractivity (Wildman–Crippen MR) is 85.9 cm³/mol. The summed E-state index contributed by atoms with van der Waals surface area (Å²) in [5.41, 5.74) is 1.28. The summed E-state index contributed by atoms with van der Waals surface area (Å²) < 4.78 is 11.2. The number of hydrogen-bond acceptors (Lipinski definition) is 4. The van der Waals surface area contributed by atoms with Gasteiger partial charge in [0.05, 0.1) is 18.7 Å². The van der Waals surface area contributed by atoms with Gasteiger partial charge in [-0.1, -0.05) is 32.0 Å². The van der Waals surface area contributed by atoms with Crippen LogP contribution < -0.4 is 10.1 Å². The highest BCUT2D eigenvalue weighted by atomic mass is 16.5. The van der Waals surface area contributed by atoms with E-state index in [0.717, 1.165) is 45.0 Å². The lowest BCUT2D eigenvalue weighted by Gasteiger charge is -2.40. The fourth-order valence-electron chi connectivity index (χ4n) is 2.98. The van der Waals surface area contributed by atoms with Gasteiger partial charge in [-0.05, 0) is 25.6 Å². The van der Waals surface area contributed by atoms with Crippen LogP contribution in [-0.4, -0.2) is 50.9 Å². The van der Waals surface area contributed by atoms with Crippen molar-refractivity contribution in [2.75, 3.05) is 40.0 Å². The fourth-order valence-corrected chi connectivity index (χ4v) is 2.98. The maximum atomic E-state index is 5.99. The zero-order valence-corrected chi connectivity index (χ0v) is 13.5. The molecule has 0 saturated heterocycles. The molecule has 2 rings (SSSR count). The van der Waals surface area contributed by atoms with E-state index < -0.39 is 0 Å². The second kappa shape index (κ2) is 8.37. The Labute approximate surface area is 128 Å². The van der Waals surface area contributed by atoms with Crippen LogP contribution in [0.2, 0.25) is 0 Å². The highest BCUT2D eigenvalue weighted by molar-refractivity contribution is 5.38. The molecule has 0 aromatic heterocycles. The van der Waals surface area contributed by atoms with E-state index in [2.05, 4.69) is 42.3 Å². The number of nitrogens with zero attached hydrogens (tertiary/aromatic N) is 1. The van der Waals surface area contributed by atoms with Gasteiger partial charge in [0.15, 0.2) is 0 Å². The molecular formula is C17H28N2O2. The highest BCUT2D eigenvalue weighted by Gasteiger charge is 2.33. The standard InChI is InChI=1S/C17H28N2O2/c1-4-10-18-17-14-8-6-7-9-16(14)21-13-15(17)19(5-2)11-12-20-3/h6-9,15,17-18H,4-5,10-13H2,1-3H3. The average molecular weight is 292 g/mol. The van der Waals surface area contributed by atoms with Gasteiger partial charge in [-0.3, -0.25) is 4.90 Å². The maximum Gasteiger partial charge on any atom is 0.124 e. The normalized spacial score (nSPS) is 21.1. The molecule has 0 fully saturated rings. The molecule has 4 heteroatoms. The Morgan fingerprint density at radius 2 is 2.14 bits per heavy atom. The predicted octanol–water partition coefficient (Wildman–Crippen LogP) is 2.46. The molecular weight excluding hydrogens is 264 g/mol. The molecule has 1 aliphatic rings. The molecule has 0 saturated carbocycles. The lowest BCUT2D eigenvalue weighted by atomic mass is 9.94. The van der Waals surface area contributed by atoms with Gasteiger partial charge in [0.2, 0.25) is 0 Å². The van der Waals surface area contributed by atoms with Crippen molar-refractivity contribution in [3.63, 3.8) is 0 Å². The minimum atomic E-state index is 0.326. The number of benzene rings is 1. The smallest absolute Gasteiger partial charge is 0.124 e. The number of nitrogens with one attached hydrogen (secondary N) is 1. The van der Waals surface area contributed by atoms with E-state index in [1.807, 2.05) is 6.07 Å². The first-order valence-electron chi connectivity index (χ1n) is 7.99.